The summed E-state index contributed by atoms with van der Waals surface area (Å²) in [5, 5.41) is 1.95. The number of carbonyl (C=O) groups is 3. The van der Waals surface area contributed by atoms with Crippen molar-refractivity contribution >= 4 is 52.7 Å². The molecule has 5 nitrogen and oxygen atoms in total. The van der Waals surface area contributed by atoms with Gasteiger partial charge in [0.2, 0.25) is 11.7 Å². The van der Waals surface area contributed by atoms with Crippen LogP contribution < -0.4 is 10.1 Å². The molecule has 1 atom stereocenters. The number of halogens is 2. The molecule has 2 amide bonds. The van der Waals surface area contributed by atoms with Crippen molar-refractivity contribution in [1.29, 1.82) is 0 Å². The average molecular weight is 412 g/mol. The van der Waals surface area contributed by atoms with Gasteiger partial charge in [0.25, 0.3) is 5.24 Å². The Morgan fingerprint density at radius 3 is 2.42 bits per heavy atom. The molecule has 0 aliphatic carbocycles. The fourth-order valence-corrected chi connectivity index (χ4v) is 3.48. The Morgan fingerprint density at radius 2 is 1.81 bits per heavy atom. The molecule has 2 aromatic rings. The summed E-state index contributed by atoms with van der Waals surface area (Å²) in [6.07, 6.45) is 0.459. The molecule has 26 heavy (non-hydrogen) atoms. The lowest BCUT2D eigenvalue weighted by atomic mass is 10.1. The predicted octanol–water partition coefficient (Wildman–Crippen LogP) is 3.92. The third-order valence-electron chi connectivity index (χ3n) is 3.66. The molecule has 3 rings (SSSR count). The molecule has 8 heteroatoms. The second kappa shape index (κ2) is 9.07. The van der Waals surface area contributed by atoms with Gasteiger partial charge in [-0.2, -0.15) is 0 Å². The van der Waals surface area contributed by atoms with Crippen LogP contribution >= 0.6 is 35.8 Å². The molecule has 0 saturated carbocycles. The second-order valence-electron chi connectivity index (χ2n) is 5.42. The van der Waals surface area contributed by atoms with Gasteiger partial charge in [0.05, 0.1) is 10.3 Å². The van der Waals surface area contributed by atoms with Gasteiger partial charge in [-0.1, -0.05) is 47.6 Å². The summed E-state index contributed by atoms with van der Waals surface area (Å²) >= 11 is 6.99. The van der Waals surface area contributed by atoms with Crippen LogP contribution in [0.3, 0.4) is 0 Å². The highest BCUT2D eigenvalue weighted by atomic mass is 35.5. The summed E-state index contributed by atoms with van der Waals surface area (Å²) in [5.41, 5.74) is 1.34. The first kappa shape index (κ1) is 20.3. The van der Waals surface area contributed by atoms with E-state index in [1.54, 1.807) is 36.4 Å². The van der Waals surface area contributed by atoms with E-state index in [1.165, 1.54) is 0 Å². The molecule has 1 saturated heterocycles. The summed E-state index contributed by atoms with van der Waals surface area (Å²) in [5.74, 6) is 0.0802. The molecule has 0 radical (unpaired) electrons. The van der Waals surface area contributed by atoms with Crippen LogP contribution in [0, 0.1) is 0 Å². The van der Waals surface area contributed by atoms with E-state index in [-0.39, 0.29) is 35.9 Å². The summed E-state index contributed by atoms with van der Waals surface area (Å²) in [7, 11) is 0. The molecule has 1 unspecified atom stereocenters. The highest BCUT2D eigenvalue weighted by Crippen LogP contribution is 2.24. The average Bonchev–Trinajstić information content (AvgIpc) is 2.91. The monoisotopic (exact) mass is 411 g/mol. The van der Waals surface area contributed by atoms with Crippen molar-refractivity contribution in [2.45, 2.75) is 11.7 Å². The first-order valence-corrected chi connectivity index (χ1v) is 8.79. The van der Waals surface area contributed by atoms with E-state index in [4.69, 9.17) is 16.3 Å². The molecule has 0 spiro atoms. The lowest BCUT2D eigenvalue weighted by Gasteiger charge is -2.09. The minimum Gasteiger partial charge on any atom is -0.485 e. The number of ketones is 1. The second-order valence-corrected chi connectivity index (χ2v) is 7.01. The van der Waals surface area contributed by atoms with Gasteiger partial charge in [0, 0.05) is 5.56 Å². The molecular weight excluding hydrogens is 397 g/mol. The molecule has 136 valence electrons. The summed E-state index contributed by atoms with van der Waals surface area (Å²) in [4.78, 5) is 34.9. The van der Waals surface area contributed by atoms with Crippen LogP contribution in [0.4, 0.5) is 4.79 Å². The van der Waals surface area contributed by atoms with Crippen molar-refractivity contribution in [3.8, 4) is 5.75 Å². The highest BCUT2D eigenvalue weighted by Gasteiger charge is 2.31. The van der Waals surface area contributed by atoms with Crippen LogP contribution in [0.15, 0.2) is 48.5 Å². The van der Waals surface area contributed by atoms with Crippen molar-refractivity contribution in [2.75, 3.05) is 6.61 Å². The molecule has 1 aliphatic rings. The molecular formula is C18H15Cl2NO4S. The smallest absolute Gasteiger partial charge is 0.286 e. The van der Waals surface area contributed by atoms with Gasteiger partial charge < -0.3 is 4.74 Å². The van der Waals surface area contributed by atoms with Crippen molar-refractivity contribution in [3.05, 3.63) is 64.7 Å². The van der Waals surface area contributed by atoms with E-state index in [2.05, 4.69) is 5.32 Å². The lowest BCUT2D eigenvalue weighted by Crippen LogP contribution is -2.25. The summed E-state index contributed by atoms with van der Waals surface area (Å²) in [6.45, 7) is -0.113. The number of hydrogen-bond donors (Lipinski definition) is 1. The highest BCUT2D eigenvalue weighted by molar-refractivity contribution is 8.15. The zero-order valence-corrected chi connectivity index (χ0v) is 15.8. The topological polar surface area (TPSA) is 72.5 Å². The third-order valence-corrected chi connectivity index (χ3v) is 4.97. The largest absolute Gasteiger partial charge is 0.485 e. The number of carbonyl (C=O) groups excluding carboxylic acids is 3. The maximum absolute atomic E-state index is 12.1. The number of nitrogens with one attached hydrogen (secondary N) is 1. The van der Waals surface area contributed by atoms with E-state index in [1.807, 2.05) is 12.1 Å². The third kappa shape index (κ3) is 5.00. The number of ether oxygens (including phenoxy) is 1. The van der Waals surface area contributed by atoms with Crippen LogP contribution in [-0.4, -0.2) is 28.8 Å². The maximum Gasteiger partial charge on any atom is 0.286 e. The van der Waals surface area contributed by atoms with E-state index in [0.29, 0.717) is 22.8 Å². The van der Waals surface area contributed by atoms with Crippen molar-refractivity contribution < 1.29 is 19.1 Å². The van der Waals surface area contributed by atoms with Gasteiger partial charge in [-0.15, -0.1) is 12.4 Å². The lowest BCUT2D eigenvalue weighted by molar-refractivity contribution is -0.118. The normalized spacial score (nSPS) is 16.0. The zero-order chi connectivity index (χ0) is 17.8. The zero-order valence-electron chi connectivity index (χ0n) is 13.4. The van der Waals surface area contributed by atoms with Crippen molar-refractivity contribution in [3.63, 3.8) is 0 Å². The number of benzene rings is 2. The van der Waals surface area contributed by atoms with Crippen molar-refractivity contribution in [2.24, 2.45) is 0 Å². The Morgan fingerprint density at radius 1 is 1.12 bits per heavy atom. The quantitative estimate of drug-likeness (QED) is 0.729. The minimum atomic E-state index is -0.402. The van der Waals surface area contributed by atoms with Gasteiger partial charge in [0.1, 0.15) is 5.75 Å². The number of Topliss-reactive ketones (excluding diaryl/α,β-unsaturated/α-hetero) is 1. The molecule has 0 aromatic heterocycles. The van der Waals surface area contributed by atoms with Crippen molar-refractivity contribution in [1.82, 2.24) is 5.32 Å². The number of thioether (sulfide) groups is 1. The molecule has 0 bridgehead atoms. The van der Waals surface area contributed by atoms with Crippen LogP contribution in [0.5, 0.6) is 5.75 Å². The number of imide groups is 1. The minimum absolute atomic E-state index is 0. The molecule has 1 N–H and O–H groups in total. The van der Waals surface area contributed by atoms with E-state index >= 15 is 0 Å². The SMILES string of the molecule is Cl.O=C1NC(=O)C(Cc2ccc(OCC(=O)c3ccccc3Cl)cc2)S1. The Labute approximate surface area is 165 Å². The fourth-order valence-electron chi connectivity index (χ4n) is 2.38. The van der Waals surface area contributed by atoms with Gasteiger partial charge >= 0.3 is 0 Å². The first-order chi connectivity index (χ1) is 12.0. The van der Waals surface area contributed by atoms with Crippen LogP contribution in [0.2, 0.25) is 5.02 Å². The Bertz CT molecular complexity index is 826. The van der Waals surface area contributed by atoms with E-state index in [9.17, 15) is 14.4 Å². The van der Waals surface area contributed by atoms with Crippen LogP contribution in [0.25, 0.3) is 0 Å². The first-order valence-electron chi connectivity index (χ1n) is 7.54. The predicted molar refractivity (Wildman–Crippen MR) is 104 cm³/mol. The van der Waals surface area contributed by atoms with E-state index < -0.39 is 5.25 Å². The standard InChI is InChI=1S/C18H14ClNO4S.ClH/c19-14-4-2-1-3-13(14)15(21)10-24-12-7-5-11(6-8-12)9-16-17(22)20-18(23)25-16;/h1-8,16H,9-10H2,(H,20,22,23);1H. The molecule has 2 aromatic carbocycles. The maximum atomic E-state index is 12.1. The molecule has 1 fully saturated rings. The molecule has 1 heterocycles. The Hall–Kier alpha value is -2.02. The van der Waals surface area contributed by atoms with Gasteiger partial charge in [-0.05, 0) is 36.2 Å². The molecule has 1 aliphatic heterocycles. The van der Waals surface area contributed by atoms with Gasteiger partial charge in [-0.3, -0.25) is 19.7 Å². The Kier molecular flexibility index (Phi) is 7.08. The number of rotatable bonds is 6. The van der Waals surface area contributed by atoms with Gasteiger partial charge in [-0.25, -0.2) is 0 Å². The van der Waals surface area contributed by atoms with E-state index in [0.717, 1.165) is 17.3 Å². The Balaban J connectivity index is 0.00000243. The van der Waals surface area contributed by atoms with Gasteiger partial charge in [0.15, 0.2) is 6.61 Å². The van der Waals surface area contributed by atoms with Crippen LogP contribution in [0.1, 0.15) is 15.9 Å². The van der Waals surface area contributed by atoms with Crippen LogP contribution in [-0.2, 0) is 11.2 Å². The number of hydrogen-bond acceptors (Lipinski definition) is 5. The summed E-state index contributed by atoms with van der Waals surface area (Å²) in [6, 6.07) is 13.9. The number of amides is 2. The summed E-state index contributed by atoms with van der Waals surface area (Å²) < 4.78 is 5.49. The fraction of sp³-hybridized carbons (Fsp3) is 0.167.